The van der Waals surface area contributed by atoms with Crippen molar-refractivity contribution in [3.8, 4) is 11.1 Å². The standard InChI is InChI=1S/C26H31N3O5/c1-16-13-29(2)14-23(16)27-25(32)22(11-12-24(30)31)28-26(33)34-15-21-19-9-5-3-7-17(19)18-8-4-6-10-20(18)21/h3-10,16,21-23H,11-15H2,1-2H3,(H,27,32)(H,28,33)(H,30,31). The lowest BCUT2D eigenvalue weighted by Gasteiger charge is -2.23. The number of hydrogen-bond donors (Lipinski definition) is 3. The van der Waals surface area contributed by atoms with Crippen LogP contribution in [0.25, 0.3) is 11.1 Å². The normalized spacial score (nSPS) is 20.3. The Morgan fingerprint density at radius 3 is 2.24 bits per heavy atom. The van der Waals surface area contributed by atoms with Gasteiger partial charge in [-0.2, -0.15) is 0 Å². The summed E-state index contributed by atoms with van der Waals surface area (Å²) < 4.78 is 5.55. The minimum atomic E-state index is -1.03. The van der Waals surface area contributed by atoms with Gasteiger partial charge in [0.05, 0.1) is 0 Å². The maximum Gasteiger partial charge on any atom is 0.407 e. The molecule has 2 amide bonds. The number of likely N-dealkylation sites (tertiary alicyclic amines) is 1. The minimum Gasteiger partial charge on any atom is -0.481 e. The van der Waals surface area contributed by atoms with Gasteiger partial charge in [-0.05, 0) is 41.6 Å². The van der Waals surface area contributed by atoms with Crippen LogP contribution in [-0.2, 0) is 14.3 Å². The Bertz CT molecular complexity index is 1030. The number of carbonyl (C=O) groups excluding carboxylic acids is 2. The predicted octanol–water partition coefficient (Wildman–Crippen LogP) is 2.82. The highest BCUT2D eigenvalue weighted by Crippen LogP contribution is 2.44. The molecule has 1 heterocycles. The van der Waals surface area contributed by atoms with Gasteiger partial charge in [-0.1, -0.05) is 55.5 Å². The van der Waals surface area contributed by atoms with Gasteiger partial charge in [-0.3, -0.25) is 9.59 Å². The average molecular weight is 466 g/mol. The smallest absolute Gasteiger partial charge is 0.407 e. The van der Waals surface area contributed by atoms with Crippen molar-refractivity contribution in [2.45, 2.75) is 37.8 Å². The number of nitrogens with one attached hydrogen (secondary N) is 2. The summed E-state index contributed by atoms with van der Waals surface area (Å²) in [6.07, 6.45) is -0.978. The second kappa shape index (κ2) is 10.3. The van der Waals surface area contributed by atoms with Crippen molar-refractivity contribution in [3.05, 3.63) is 59.7 Å². The predicted molar refractivity (Wildman–Crippen MR) is 127 cm³/mol. The molecule has 3 unspecified atom stereocenters. The molecule has 3 atom stereocenters. The number of carboxylic acids is 1. The topological polar surface area (TPSA) is 108 Å². The summed E-state index contributed by atoms with van der Waals surface area (Å²) in [6, 6.07) is 15.1. The molecule has 180 valence electrons. The van der Waals surface area contributed by atoms with E-state index in [9.17, 15) is 14.4 Å². The second-order valence-electron chi connectivity index (χ2n) is 9.27. The molecule has 34 heavy (non-hydrogen) atoms. The van der Waals surface area contributed by atoms with E-state index in [2.05, 4.69) is 34.6 Å². The van der Waals surface area contributed by atoms with E-state index in [1.807, 2.05) is 43.4 Å². The molecule has 1 fully saturated rings. The maximum atomic E-state index is 12.9. The first kappa shape index (κ1) is 23.8. The third-order valence-corrected chi connectivity index (χ3v) is 6.72. The summed E-state index contributed by atoms with van der Waals surface area (Å²) in [7, 11) is 1.99. The zero-order chi connectivity index (χ0) is 24.2. The number of likely N-dealkylation sites (N-methyl/N-ethyl adjacent to an activating group) is 1. The second-order valence-corrected chi connectivity index (χ2v) is 9.27. The lowest BCUT2D eigenvalue weighted by atomic mass is 9.98. The van der Waals surface area contributed by atoms with Crippen LogP contribution < -0.4 is 10.6 Å². The first-order chi connectivity index (χ1) is 16.3. The molecule has 2 aromatic carbocycles. The van der Waals surface area contributed by atoms with Crippen LogP contribution in [0.15, 0.2) is 48.5 Å². The van der Waals surface area contributed by atoms with Gasteiger partial charge in [0.2, 0.25) is 5.91 Å². The number of fused-ring (bicyclic) bond motifs is 3. The van der Waals surface area contributed by atoms with E-state index in [0.717, 1.165) is 28.8 Å². The third-order valence-electron chi connectivity index (χ3n) is 6.72. The molecule has 0 saturated carbocycles. The number of amides is 2. The van der Waals surface area contributed by atoms with E-state index in [-0.39, 0.29) is 43.2 Å². The summed E-state index contributed by atoms with van der Waals surface area (Å²) in [5.41, 5.74) is 4.44. The largest absolute Gasteiger partial charge is 0.481 e. The number of carbonyl (C=O) groups is 3. The summed E-state index contributed by atoms with van der Waals surface area (Å²) in [4.78, 5) is 38.8. The number of rotatable bonds is 8. The molecule has 1 saturated heterocycles. The number of aliphatic carboxylic acids is 1. The zero-order valence-electron chi connectivity index (χ0n) is 19.5. The Balaban J connectivity index is 1.40. The van der Waals surface area contributed by atoms with Crippen molar-refractivity contribution in [2.75, 3.05) is 26.7 Å². The third kappa shape index (κ3) is 5.22. The molecule has 1 aliphatic carbocycles. The van der Waals surface area contributed by atoms with E-state index >= 15 is 0 Å². The van der Waals surface area contributed by atoms with E-state index in [0.29, 0.717) is 6.54 Å². The van der Waals surface area contributed by atoms with Crippen molar-refractivity contribution in [1.82, 2.24) is 15.5 Å². The van der Waals surface area contributed by atoms with Gasteiger partial charge >= 0.3 is 12.1 Å². The summed E-state index contributed by atoms with van der Waals surface area (Å²) in [5.74, 6) is -1.24. The van der Waals surface area contributed by atoms with Crippen LogP contribution in [0, 0.1) is 5.92 Å². The minimum absolute atomic E-state index is 0.0116. The lowest BCUT2D eigenvalue weighted by Crippen LogP contribution is -2.51. The molecule has 0 spiro atoms. The van der Waals surface area contributed by atoms with Crippen LogP contribution in [0.5, 0.6) is 0 Å². The first-order valence-corrected chi connectivity index (χ1v) is 11.7. The SMILES string of the molecule is CC1CN(C)CC1NC(=O)C(CCC(=O)O)NC(=O)OCC1c2ccccc2-c2ccccc21. The summed E-state index contributed by atoms with van der Waals surface area (Å²) in [5, 5.41) is 14.7. The van der Waals surface area contributed by atoms with Crippen molar-refractivity contribution < 1.29 is 24.2 Å². The van der Waals surface area contributed by atoms with Gasteiger partial charge in [-0.15, -0.1) is 0 Å². The fourth-order valence-corrected chi connectivity index (χ4v) is 5.00. The maximum absolute atomic E-state index is 12.9. The van der Waals surface area contributed by atoms with Crippen LogP contribution in [-0.4, -0.2) is 66.8 Å². The van der Waals surface area contributed by atoms with Crippen molar-refractivity contribution in [1.29, 1.82) is 0 Å². The van der Waals surface area contributed by atoms with Crippen molar-refractivity contribution >= 4 is 18.0 Å². The zero-order valence-corrected chi connectivity index (χ0v) is 19.5. The molecule has 1 aliphatic heterocycles. The molecule has 0 radical (unpaired) electrons. The Labute approximate surface area is 199 Å². The van der Waals surface area contributed by atoms with Crippen LogP contribution in [0.2, 0.25) is 0 Å². The van der Waals surface area contributed by atoms with Crippen molar-refractivity contribution in [2.24, 2.45) is 5.92 Å². The average Bonchev–Trinajstić information content (AvgIpc) is 3.30. The molecule has 0 aromatic heterocycles. The van der Waals surface area contributed by atoms with E-state index < -0.39 is 18.1 Å². The molecule has 4 rings (SSSR count). The number of nitrogens with zero attached hydrogens (tertiary/aromatic N) is 1. The number of alkyl carbamates (subject to hydrolysis) is 1. The van der Waals surface area contributed by atoms with Crippen LogP contribution >= 0.6 is 0 Å². The summed E-state index contributed by atoms with van der Waals surface area (Å²) >= 11 is 0. The Morgan fingerprint density at radius 1 is 1.06 bits per heavy atom. The van der Waals surface area contributed by atoms with E-state index in [1.54, 1.807) is 0 Å². The fraction of sp³-hybridized carbons (Fsp3) is 0.423. The first-order valence-electron chi connectivity index (χ1n) is 11.7. The monoisotopic (exact) mass is 465 g/mol. The van der Waals surface area contributed by atoms with Crippen molar-refractivity contribution in [3.63, 3.8) is 0 Å². The van der Waals surface area contributed by atoms with Gasteiger partial charge in [0.1, 0.15) is 12.6 Å². The molecule has 2 aliphatic rings. The number of carboxylic acid groups (broad SMARTS) is 1. The van der Waals surface area contributed by atoms with Gasteiger partial charge in [0, 0.05) is 31.5 Å². The molecule has 0 bridgehead atoms. The van der Waals surface area contributed by atoms with E-state index in [1.165, 1.54) is 0 Å². The lowest BCUT2D eigenvalue weighted by molar-refractivity contribution is -0.137. The van der Waals surface area contributed by atoms with Gasteiger partial charge < -0.3 is 25.4 Å². The molecular weight excluding hydrogens is 434 g/mol. The number of benzene rings is 2. The van der Waals surface area contributed by atoms with Gasteiger partial charge in [-0.25, -0.2) is 4.79 Å². The molecule has 8 nitrogen and oxygen atoms in total. The van der Waals surface area contributed by atoms with Crippen LogP contribution in [0.3, 0.4) is 0 Å². The van der Waals surface area contributed by atoms with Crippen LogP contribution in [0.4, 0.5) is 4.79 Å². The Morgan fingerprint density at radius 2 is 1.68 bits per heavy atom. The Hall–Kier alpha value is -3.39. The van der Waals surface area contributed by atoms with Gasteiger partial charge in [0.15, 0.2) is 0 Å². The fourth-order valence-electron chi connectivity index (χ4n) is 5.00. The van der Waals surface area contributed by atoms with Gasteiger partial charge in [0.25, 0.3) is 0 Å². The highest BCUT2D eigenvalue weighted by Gasteiger charge is 2.32. The molecule has 8 heteroatoms. The summed E-state index contributed by atoms with van der Waals surface area (Å²) in [6.45, 7) is 3.76. The molecule has 2 aromatic rings. The highest BCUT2D eigenvalue weighted by atomic mass is 16.5. The van der Waals surface area contributed by atoms with E-state index in [4.69, 9.17) is 9.84 Å². The number of ether oxygens (including phenoxy) is 1. The Kier molecular flexibility index (Phi) is 7.17. The molecule has 3 N–H and O–H groups in total. The quantitative estimate of drug-likeness (QED) is 0.553. The van der Waals surface area contributed by atoms with Crippen LogP contribution in [0.1, 0.15) is 36.8 Å². The number of hydrogen-bond acceptors (Lipinski definition) is 5. The molecular formula is C26H31N3O5. The highest BCUT2D eigenvalue weighted by molar-refractivity contribution is 5.86.